The average molecular weight is 776 g/mol. The van der Waals surface area contributed by atoms with E-state index in [0.29, 0.717) is 86.6 Å². The lowest BCUT2D eigenvalue weighted by molar-refractivity contribution is -0.138. The third kappa shape index (κ3) is 10.8. The Labute approximate surface area is 326 Å². The highest BCUT2D eigenvalue weighted by Crippen LogP contribution is 2.28. The van der Waals surface area contributed by atoms with E-state index in [-0.39, 0.29) is 37.1 Å². The Morgan fingerprint density at radius 3 is 2.41 bits per heavy atom. The number of aliphatic hydroxyl groups excluding tert-OH is 1. The van der Waals surface area contributed by atoms with Gasteiger partial charge >= 0.3 is 6.09 Å². The summed E-state index contributed by atoms with van der Waals surface area (Å²) in [5.74, 6) is -0.685. The van der Waals surface area contributed by atoms with Crippen molar-refractivity contribution in [2.45, 2.75) is 70.7 Å². The average Bonchev–Trinajstić information content (AvgIpc) is 3.68. The van der Waals surface area contributed by atoms with Crippen molar-refractivity contribution in [3.63, 3.8) is 0 Å². The second kappa shape index (κ2) is 18.9. The Kier molecular flexibility index (Phi) is 14.1. The minimum absolute atomic E-state index is 0.135. The predicted molar refractivity (Wildman–Crippen MR) is 208 cm³/mol. The Bertz CT molecular complexity index is 1890. The molecule has 5 amide bonds. The van der Waals surface area contributed by atoms with Gasteiger partial charge in [0.05, 0.1) is 43.6 Å². The molecule has 2 aliphatic heterocycles. The van der Waals surface area contributed by atoms with Gasteiger partial charge in [0.1, 0.15) is 5.60 Å². The van der Waals surface area contributed by atoms with E-state index in [2.05, 4.69) is 25.8 Å². The summed E-state index contributed by atoms with van der Waals surface area (Å²) in [7, 11) is 3.04. The molecule has 5 rings (SSSR count). The van der Waals surface area contributed by atoms with E-state index in [9.17, 15) is 29.1 Å². The number of anilines is 1. The summed E-state index contributed by atoms with van der Waals surface area (Å²) in [5, 5.41) is 19.7. The summed E-state index contributed by atoms with van der Waals surface area (Å²) in [5.41, 5.74) is 1.36. The van der Waals surface area contributed by atoms with Crippen LogP contribution in [0.25, 0.3) is 10.9 Å². The first-order valence-corrected chi connectivity index (χ1v) is 18.9. The first-order valence-electron chi connectivity index (χ1n) is 18.9. The fourth-order valence-corrected chi connectivity index (χ4v) is 6.87. The van der Waals surface area contributed by atoms with Gasteiger partial charge < -0.3 is 45.1 Å². The van der Waals surface area contributed by atoms with Crippen LogP contribution < -0.4 is 25.4 Å². The van der Waals surface area contributed by atoms with Crippen LogP contribution in [0.2, 0.25) is 0 Å². The number of nitrogens with zero attached hydrogens (tertiary/aromatic N) is 4. The topological polar surface area (TPSA) is 192 Å². The molecule has 3 aromatic rings. The van der Waals surface area contributed by atoms with Gasteiger partial charge in [-0.05, 0) is 76.4 Å². The Morgan fingerprint density at radius 2 is 1.70 bits per heavy atom. The Hall–Kier alpha value is -5.48. The molecule has 3 heterocycles. The number of benzene rings is 2. The van der Waals surface area contributed by atoms with Crippen molar-refractivity contribution in [3.05, 3.63) is 59.8 Å². The molecular formula is C40H53N7O9. The highest BCUT2D eigenvalue weighted by atomic mass is 16.6. The molecule has 0 radical (unpaired) electrons. The van der Waals surface area contributed by atoms with Crippen molar-refractivity contribution in [1.29, 1.82) is 0 Å². The number of hydrogen-bond acceptors (Lipinski definition) is 11. The van der Waals surface area contributed by atoms with E-state index >= 15 is 0 Å². The van der Waals surface area contributed by atoms with Crippen LogP contribution >= 0.6 is 0 Å². The summed E-state index contributed by atoms with van der Waals surface area (Å²) < 4.78 is 16.0. The smallest absolute Gasteiger partial charge is 0.410 e. The van der Waals surface area contributed by atoms with E-state index in [1.54, 1.807) is 47.4 Å². The van der Waals surface area contributed by atoms with Crippen molar-refractivity contribution in [1.82, 2.24) is 30.3 Å². The van der Waals surface area contributed by atoms with Crippen LogP contribution in [0.15, 0.2) is 48.7 Å². The molecule has 2 atom stereocenters. The van der Waals surface area contributed by atoms with Gasteiger partial charge in [0.15, 0.2) is 17.6 Å². The quantitative estimate of drug-likeness (QED) is 0.188. The number of rotatable bonds is 14. The number of para-hydroxylation sites is 1. The molecule has 0 spiro atoms. The molecule has 2 saturated heterocycles. The van der Waals surface area contributed by atoms with Gasteiger partial charge in [-0.1, -0.05) is 18.2 Å². The molecule has 2 fully saturated rings. The van der Waals surface area contributed by atoms with Crippen molar-refractivity contribution >= 4 is 46.3 Å². The summed E-state index contributed by atoms with van der Waals surface area (Å²) in [4.78, 5) is 74.7. The lowest BCUT2D eigenvalue weighted by Crippen LogP contribution is -2.51. The number of carbonyl (C=O) groups excluding carboxylic acids is 5. The molecule has 0 saturated carbocycles. The molecule has 1 aromatic heterocycles. The van der Waals surface area contributed by atoms with Gasteiger partial charge in [-0.25, -0.2) is 4.79 Å². The fourth-order valence-electron chi connectivity index (χ4n) is 6.87. The Morgan fingerprint density at radius 1 is 0.946 bits per heavy atom. The van der Waals surface area contributed by atoms with Crippen LogP contribution in [0, 0.1) is 0 Å². The van der Waals surface area contributed by atoms with Crippen molar-refractivity contribution < 1.29 is 43.3 Å². The standard InChI is InChI=1S/C40H53N7O9/c1-40(2,3)56-39(53)46-21-19-45(20-22-46)17-8-12-33(48)44-29-10-6-9-27-28(15-16-41-35(27)29)37(51)43-25-34(49)47-18-7-11-30(47)36(50)38(52)42-24-26-13-14-31(54-4)32(23-26)55-5/h6,9-10,13-16,23,30,36,50H,7-8,11-12,17-22,24-25H2,1-5H3,(H,42,52)(H,43,51)(H,44,48)/t30-,36?/m0/s1. The van der Waals surface area contributed by atoms with Crippen LogP contribution in [0.3, 0.4) is 0 Å². The third-order valence-corrected chi connectivity index (χ3v) is 9.76. The summed E-state index contributed by atoms with van der Waals surface area (Å²) in [6.07, 6.45) is 1.62. The number of fused-ring (bicyclic) bond motifs is 1. The first-order chi connectivity index (χ1) is 26.8. The highest BCUT2D eigenvalue weighted by Gasteiger charge is 2.37. The number of ether oxygens (including phenoxy) is 3. The monoisotopic (exact) mass is 775 g/mol. The van der Waals surface area contributed by atoms with Crippen LogP contribution in [-0.2, 0) is 25.7 Å². The van der Waals surface area contributed by atoms with Crippen LogP contribution in [0.5, 0.6) is 11.5 Å². The zero-order valence-corrected chi connectivity index (χ0v) is 32.8. The maximum Gasteiger partial charge on any atom is 0.410 e. The maximum absolute atomic E-state index is 13.4. The lowest BCUT2D eigenvalue weighted by Gasteiger charge is -2.35. The minimum Gasteiger partial charge on any atom is -0.493 e. The molecule has 2 aromatic carbocycles. The van der Waals surface area contributed by atoms with Crippen molar-refractivity contribution in [2.75, 3.05) is 65.3 Å². The number of hydrogen-bond donors (Lipinski definition) is 4. The first kappa shape index (κ1) is 41.7. The number of aromatic nitrogens is 1. The molecule has 0 bridgehead atoms. The number of methoxy groups -OCH3 is 2. The van der Waals surface area contributed by atoms with E-state index in [1.165, 1.54) is 25.3 Å². The summed E-state index contributed by atoms with van der Waals surface area (Å²) in [6, 6.07) is 11.2. The highest BCUT2D eigenvalue weighted by molar-refractivity contribution is 6.10. The number of likely N-dealkylation sites (tertiary alicyclic amines) is 1. The number of amides is 5. The van der Waals surface area contributed by atoms with E-state index in [4.69, 9.17) is 14.2 Å². The van der Waals surface area contributed by atoms with Gasteiger partial charge in [-0.15, -0.1) is 0 Å². The van der Waals surface area contributed by atoms with Gasteiger partial charge in [-0.2, -0.15) is 0 Å². The number of nitrogens with one attached hydrogen (secondary N) is 3. The summed E-state index contributed by atoms with van der Waals surface area (Å²) >= 11 is 0. The maximum atomic E-state index is 13.4. The fraction of sp³-hybridized carbons (Fsp3) is 0.500. The molecule has 1 unspecified atom stereocenters. The zero-order chi connectivity index (χ0) is 40.4. The van der Waals surface area contributed by atoms with Crippen LogP contribution in [-0.4, -0.2) is 132 Å². The summed E-state index contributed by atoms with van der Waals surface area (Å²) in [6.45, 7) is 8.90. The van der Waals surface area contributed by atoms with Crippen LogP contribution in [0.4, 0.5) is 10.5 Å². The second-order valence-corrected chi connectivity index (χ2v) is 14.9. The van der Waals surface area contributed by atoms with E-state index in [1.807, 2.05) is 20.8 Å². The molecular weight excluding hydrogens is 722 g/mol. The third-order valence-electron chi connectivity index (χ3n) is 9.76. The van der Waals surface area contributed by atoms with Crippen LogP contribution in [0.1, 0.15) is 62.4 Å². The van der Waals surface area contributed by atoms with E-state index < -0.39 is 35.5 Å². The van der Waals surface area contributed by atoms with Crippen molar-refractivity contribution in [2.24, 2.45) is 0 Å². The van der Waals surface area contributed by atoms with Gasteiger partial charge in [0, 0.05) is 57.3 Å². The number of carbonyl (C=O) groups is 5. The number of pyridine rings is 1. The lowest BCUT2D eigenvalue weighted by atomic mass is 10.1. The molecule has 4 N–H and O–H groups in total. The number of piperazine rings is 1. The molecule has 16 nitrogen and oxygen atoms in total. The molecule has 56 heavy (non-hydrogen) atoms. The SMILES string of the molecule is COc1ccc(CNC(=O)C(O)[C@@H]2CCCN2C(=O)CNC(=O)c2ccnc3c(NC(=O)CCCN4CCN(C(=O)OC(C)(C)C)CC4)cccc23)cc1OC. The second-order valence-electron chi connectivity index (χ2n) is 14.9. The van der Waals surface area contributed by atoms with E-state index in [0.717, 1.165) is 5.56 Å². The normalized spacial score (nSPS) is 16.6. The molecule has 2 aliphatic rings. The zero-order valence-electron chi connectivity index (χ0n) is 32.8. The largest absolute Gasteiger partial charge is 0.493 e. The van der Waals surface area contributed by atoms with Gasteiger partial charge in [0.25, 0.3) is 11.8 Å². The van der Waals surface area contributed by atoms with Gasteiger partial charge in [0.2, 0.25) is 11.8 Å². The predicted octanol–water partition coefficient (Wildman–Crippen LogP) is 2.92. The van der Waals surface area contributed by atoms with Crippen molar-refractivity contribution in [3.8, 4) is 11.5 Å². The van der Waals surface area contributed by atoms with Gasteiger partial charge in [-0.3, -0.25) is 29.1 Å². The molecule has 16 heteroatoms. The Balaban J connectivity index is 1.09. The number of aliphatic hydroxyl groups is 1. The molecule has 302 valence electrons. The molecule has 0 aliphatic carbocycles. The minimum atomic E-state index is -1.46.